The van der Waals surface area contributed by atoms with E-state index in [1.807, 2.05) is 12.2 Å². The number of benzene rings is 1. The minimum Gasteiger partial charge on any atom is -0.471 e. The molecule has 2 aliphatic heterocycles. The molecule has 4 aliphatic rings. The van der Waals surface area contributed by atoms with E-state index in [0.717, 1.165) is 25.7 Å². The number of rotatable bonds is 5. The van der Waals surface area contributed by atoms with Crippen LogP contribution in [0, 0.1) is 18.7 Å². The summed E-state index contributed by atoms with van der Waals surface area (Å²) in [7, 11) is -3.85. The van der Waals surface area contributed by atoms with Crippen LogP contribution in [-0.2, 0) is 24.4 Å². The average molecular weight is 629 g/mol. The van der Waals surface area contributed by atoms with Crippen molar-refractivity contribution in [1.29, 1.82) is 0 Å². The Morgan fingerprint density at radius 2 is 1.98 bits per heavy atom. The molecule has 0 bridgehead atoms. The summed E-state index contributed by atoms with van der Waals surface area (Å²) in [5, 5.41) is 2.21. The van der Waals surface area contributed by atoms with Crippen molar-refractivity contribution in [2.45, 2.75) is 93.7 Å². The number of aromatic nitrogens is 2. The quantitative estimate of drug-likeness (QED) is 0.417. The van der Waals surface area contributed by atoms with Gasteiger partial charge in [-0.3, -0.25) is 19.1 Å². The number of carbonyl (C=O) groups excluding carboxylic acids is 3. The first-order valence-electron chi connectivity index (χ1n) is 15.2. The third-order valence-electron chi connectivity index (χ3n) is 8.94. The fourth-order valence-corrected chi connectivity index (χ4v) is 7.49. The number of hydrogen-bond donors (Lipinski definition) is 3. The third-order valence-corrected chi connectivity index (χ3v) is 10.8. The molecule has 236 valence electrons. The van der Waals surface area contributed by atoms with Gasteiger partial charge < -0.3 is 20.7 Å². The first-order chi connectivity index (χ1) is 21.0. The Morgan fingerprint density at radius 1 is 1.18 bits per heavy atom. The van der Waals surface area contributed by atoms with Gasteiger partial charge in [0.1, 0.15) is 28.9 Å². The van der Waals surface area contributed by atoms with Gasteiger partial charge >= 0.3 is 0 Å². The number of amides is 3. The Balaban J connectivity index is 1.27. The van der Waals surface area contributed by atoms with E-state index in [1.54, 1.807) is 13.0 Å². The number of aryl methyl sites for hydroxylation is 1. The third kappa shape index (κ3) is 6.01. The monoisotopic (exact) mass is 628 g/mol. The second-order valence-electron chi connectivity index (χ2n) is 12.3. The number of para-hydroxylation sites is 1. The van der Waals surface area contributed by atoms with Crippen molar-refractivity contribution >= 4 is 38.8 Å². The van der Waals surface area contributed by atoms with Crippen LogP contribution in [0.5, 0.6) is 5.88 Å². The average Bonchev–Trinajstić information content (AvgIpc) is 3.90. The lowest BCUT2D eigenvalue weighted by atomic mass is 10.1. The van der Waals surface area contributed by atoms with E-state index in [0.29, 0.717) is 30.5 Å². The lowest BCUT2D eigenvalue weighted by molar-refractivity contribution is -0.140. The molecule has 2 aromatic rings. The maximum absolute atomic E-state index is 14.5. The maximum Gasteiger partial charge on any atom is 0.259 e. The summed E-state index contributed by atoms with van der Waals surface area (Å²) in [5.41, 5.74) is 5.67. The van der Waals surface area contributed by atoms with Crippen LogP contribution in [-0.4, -0.2) is 76.5 Å². The molecule has 44 heavy (non-hydrogen) atoms. The number of allylic oxidation sites excluding steroid dienone is 1. The zero-order valence-electron chi connectivity index (χ0n) is 24.5. The molecule has 1 saturated heterocycles. The van der Waals surface area contributed by atoms with Gasteiger partial charge in [0, 0.05) is 12.3 Å². The van der Waals surface area contributed by atoms with Crippen molar-refractivity contribution in [3.05, 3.63) is 41.9 Å². The van der Waals surface area contributed by atoms with Gasteiger partial charge in [0.2, 0.25) is 27.7 Å². The SMILES string of the molecule is Cc1nc2cccc(F)c2nc1O[C@@H]1C[C@H]2C(=O)N[C@]3(C(=O)NS(=O)(=O)C4CC4)C[C@H]3C=CCCCCC[C@H](N)C(=O)N2C1. The molecular weight excluding hydrogens is 591 g/mol. The van der Waals surface area contributed by atoms with Gasteiger partial charge in [0.05, 0.1) is 23.4 Å². The predicted molar refractivity (Wildman–Crippen MR) is 158 cm³/mol. The summed E-state index contributed by atoms with van der Waals surface area (Å²) in [6.45, 7) is 1.69. The van der Waals surface area contributed by atoms with Crippen LogP contribution in [0.1, 0.15) is 63.5 Å². The Bertz CT molecular complexity index is 1630. The summed E-state index contributed by atoms with van der Waals surface area (Å²) < 4.78 is 48.0. The molecule has 3 heterocycles. The van der Waals surface area contributed by atoms with E-state index in [9.17, 15) is 27.2 Å². The van der Waals surface area contributed by atoms with Crippen LogP contribution in [0.2, 0.25) is 0 Å². The van der Waals surface area contributed by atoms with Gasteiger partial charge in [-0.05, 0) is 57.6 Å². The molecule has 3 amide bonds. The van der Waals surface area contributed by atoms with E-state index >= 15 is 0 Å². The van der Waals surface area contributed by atoms with E-state index in [4.69, 9.17) is 10.5 Å². The fraction of sp³-hybridized carbons (Fsp3) is 0.567. The summed E-state index contributed by atoms with van der Waals surface area (Å²) in [6, 6.07) is 2.58. The van der Waals surface area contributed by atoms with Gasteiger partial charge in [-0.15, -0.1) is 0 Å². The highest BCUT2D eigenvalue weighted by molar-refractivity contribution is 7.91. The fourth-order valence-electron chi connectivity index (χ4n) is 6.13. The molecule has 0 unspecified atom stereocenters. The summed E-state index contributed by atoms with van der Waals surface area (Å²) in [4.78, 5) is 51.0. The molecule has 2 aliphatic carbocycles. The first kappa shape index (κ1) is 30.4. The highest BCUT2D eigenvalue weighted by Gasteiger charge is 2.62. The van der Waals surface area contributed by atoms with E-state index in [1.165, 1.54) is 17.0 Å². The molecule has 3 fully saturated rings. The van der Waals surface area contributed by atoms with Crippen molar-refractivity contribution in [3.63, 3.8) is 0 Å². The van der Waals surface area contributed by atoms with Crippen molar-refractivity contribution in [2.75, 3.05) is 6.54 Å². The Morgan fingerprint density at radius 3 is 2.75 bits per heavy atom. The molecule has 0 radical (unpaired) electrons. The lowest BCUT2D eigenvalue weighted by Crippen LogP contribution is -2.57. The smallest absolute Gasteiger partial charge is 0.259 e. The summed E-state index contributed by atoms with van der Waals surface area (Å²) in [6.07, 6.45) is 8.02. The van der Waals surface area contributed by atoms with Gasteiger partial charge in [0.25, 0.3) is 5.91 Å². The number of ether oxygens (including phenoxy) is 1. The van der Waals surface area contributed by atoms with Crippen LogP contribution < -0.4 is 20.5 Å². The standard InChI is InChI=1S/C30H37FN6O6S/c1-17-27(34-25-21(31)9-7-11-23(25)33-17)43-19-14-24-26(38)35-30(29(40)36-44(41,42)20-12-13-20)15-18(30)8-5-3-2-4-6-10-22(32)28(39)37(24)16-19/h5,7-9,11,18-20,22,24H,2-4,6,10,12-16,32H2,1H3,(H,35,38)(H,36,40)/t18-,19-,22+,24+,30-/m1/s1. The van der Waals surface area contributed by atoms with Crippen molar-refractivity contribution in [3.8, 4) is 5.88 Å². The highest BCUT2D eigenvalue weighted by Crippen LogP contribution is 2.46. The largest absolute Gasteiger partial charge is 0.471 e. The minimum atomic E-state index is -3.85. The number of carbonyl (C=O) groups is 3. The molecular formula is C30H37FN6O6S. The second kappa shape index (κ2) is 11.7. The number of nitrogens with zero attached hydrogens (tertiary/aromatic N) is 3. The first-order valence-corrected chi connectivity index (χ1v) is 16.7. The van der Waals surface area contributed by atoms with E-state index < -0.39 is 68.5 Å². The number of sulfonamides is 1. The number of nitrogens with two attached hydrogens (primary N) is 1. The van der Waals surface area contributed by atoms with E-state index in [2.05, 4.69) is 20.0 Å². The van der Waals surface area contributed by atoms with Crippen LogP contribution in [0.4, 0.5) is 4.39 Å². The predicted octanol–water partition coefficient (Wildman–Crippen LogP) is 1.76. The molecule has 12 nitrogen and oxygen atoms in total. The van der Waals surface area contributed by atoms with Crippen LogP contribution >= 0.6 is 0 Å². The van der Waals surface area contributed by atoms with Gasteiger partial charge in [-0.1, -0.05) is 31.1 Å². The Hall–Kier alpha value is -3.65. The topological polar surface area (TPSA) is 174 Å². The molecule has 0 spiro atoms. The molecule has 2 saturated carbocycles. The number of nitrogens with one attached hydrogen (secondary N) is 2. The zero-order chi connectivity index (χ0) is 31.2. The summed E-state index contributed by atoms with van der Waals surface area (Å²) >= 11 is 0. The zero-order valence-corrected chi connectivity index (χ0v) is 25.3. The molecule has 5 atom stereocenters. The number of fused-ring (bicyclic) bond motifs is 3. The maximum atomic E-state index is 14.5. The Labute approximate surface area is 255 Å². The molecule has 4 N–H and O–H groups in total. The van der Waals surface area contributed by atoms with Crippen molar-refractivity contribution in [1.82, 2.24) is 24.9 Å². The van der Waals surface area contributed by atoms with E-state index in [-0.39, 0.29) is 30.8 Å². The molecule has 1 aromatic carbocycles. The normalized spacial score (nSPS) is 29.7. The number of hydrogen-bond acceptors (Lipinski definition) is 9. The van der Waals surface area contributed by atoms with Gasteiger partial charge in [-0.2, -0.15) is 0 Å². The molecule has 6 rings (SSSR count). The van der Waals surface area contributed by atoms with Gasteiger partial charge in [0.15, 0.2) is 5.82 Å². The minimum absolute atomic E-state index is 0.0135. The molecule has 14 heteroatoms. The summed E-state index contributed by atoms with van der Waals surface area (Å²) in [5.74, 6) is -2.66. The second-order valence-corrected chi connectivity index (χ2v) is 14.3. The van der Waals surface area contributed by atoms with Crippen LogP contribution in [0.3, 0.4) is 0 Å². The highest BCUT2D eigenvalue weighted by atomic mass is 32.2. The number of halogens is 1. The van der Waals surface area contributed by atoms with Gasteiger partial charge in [-0.25, -0.2) is 22.8 Å². The van der Waals surface area contributed by atoms with Crippen molar-refractivity contribution < 1.29 is 31.9 Å². The Kier molecular flexibility index (Phi) is 8.07. The molecule has 1 aromatic heterocycles. The van der Waals surface area contributed by atoms with Crippen molar-refractivity contribution in [2.24, 2.45) is 11.7 Å². The lowest BCUT2D eigenvalue weighted by Gasteiger charge is -2.28. The van der Waals surface area contributed by atoms with Crippen LogP contribution in [0.15, 0.2) is 30.4 Å². The van der Waals surface area contributed by atoms with Crippen LogP contribution in [0.25, 0.3) is 11.0 Å².